The Labute approximate surface area is 149 Å². The van der Waals surface area contributed by atoms with Gasteiger partial charge in [0.2, 0.25) is 5.91 Å². The first-order chi connectivity index (χ1) is 12.2. The number of hydrogen-bond acceptors (Lipinski definition) is 2. The molecule has 1 amide bonds. The van der Waals surface area contributed by atoms with Crippen LogP contribution in [0, 0.1) is 5.82 Å². The molecule has 1 saturated heterocycles. The van der Waals surface area contributed by atoms with Crippen LogP contribution in [0.3, 0.4) is 0 Å². The van der Waals surface area contributed by atoms with Crippen LogP contribution in [0.25, 0.3) is 0 Å². The fourth-order valence-electron chi connectivity index (χ4n) is 3.21. The molecule has 0 N–H and O–H groups in total. The van der Waals surface area contributed by atoms with Gasteiger partial charge in [0, 0.05) is 39.1 Å². The molecule has 25 heavy (non-hydrogen) atoms. The van der Waals surface area contributed by atoms with Gasteiger partial charge in [-0.3, -0.25) is 9.69 Å². The summed E-state index contributed by atoms with van der Waals surface area (Å²) in [6.07, 6.45) is 2.22. The van der Waals surface area contributed by atoms with E-state index in [1.165, 1.54) is 17.7 Å². The van der Waals surface area contributed by atoms with Crippen molar-refractivity contribution in [1.29, 1.82) is 0 Å². The van der Waals surface area contributed by atoms with Crippen LogP contribution in [0.4, 0.5) is 4.39 Å². The molecule has 2 aromatic carbocycles. The zero-order valence-corrected chi connectivity index (χ0v) is 14.5. The van der Waals surface area contributed by atoms with Gasteiger partial charge in [0.25, 0.3) is 0 Å². The summed E-state index contributed by atoms with van der Waals surface area (Å²) in [7, 11) is 0. The molecule has 3 nitrogen and oxygen atoms in total. The predicted molar refractivity (Wildman–Crippen MR) is 97.9 cm³/mol. The Bertz CT molecular complexity index is 664. The molecule has 2 aromatic rings. The molecular formula is C21H25FN2O. The highest BCUT2D eigenvalue weighted by Gasteiger charge is 2.20. The minimum absolute atomic E-state index is 0.201. The van der Waals surface area contributed by atoms with E-state index in [2.05, 4.69) is 29.2 Å². The lowest BCUT2D eigenvalue weighted by Crippen LogP contribution is -2.49. The van der Waals surface area contributed by atoms with E-state index in [4.69, 9.17) is 0 Å². The summed E-state index contributed by atoms with van der Waals surface area (Å²) in [5.41, 5.74) is 2.37. The van der Waals surface area contributed by atoms with Crippen LogP contribution in [0.2, 0.25) is 0 Å². The highest BCUT2D eigenvalue weighted by molar-refractivity contribution is 5.76. The molecule has 4 heteroatoms. The average Bonchev–Trinajstić information content (AvgIpc) is 2.67. The maximum Gasteiger partial charge on any atom is 0.222 e. The Balaban J connectivity index is 1.38. The van der Waals surface area contributed by atoms with Crippen LogP contribution in [-0.4, -0.2) is 48.4 Å². The number of piperazine rings is 1. The summed E-state index contributed by atoms with van der Waals surface area (Å²) < 4.78 is 12.9. The number of nitrogens with zero attached hydrogens (tertiary/aromatic N) is 2. The molecule has 0 radical (unpaired) electrons. The molecular weight excluding hydrogens is 315 g/mol. The van der Waals surface area contributed by atoms with E-state index in [-0.39, 0.29) is 11.7 Å². The number of rotatable bonds is 6. The van der Waals surface area contributed by atoms with E-state index in [1.54, 1.807) is 12.1 Å². The summed E-state index contributed by atoms with van der Waals surface area (Å²) in [5.74, 6) is -0.0336. The third kappa shape index (κ3) is 5.40. The maximum absolute atomic E-state index is 12.9. The quantitative estimate of drug-likeness (QED) is 0.806. The summed E-state index contributed by atoms with van der Waals surface area (Å²) in [5, 5.41) is 0. The molecule has 132 valence electrons. The van der Waals surface area contributed by atoms with E-state index in [1.807, 2.05) is 11.0 Å². The van der Waals surface area contributed by atoms with E-state index in [0.29, 0.717) is 12.8 Å². The van der Waals surface area contributed by atoms with Crippen LogP contribution in [-0.2, 0) is 17.6 Å². The van der Waals surface area contributed by atoms with Crippen LogP contribution in [0.15, 0.2) is 54.6 Å². The van der Waals surface area contributed by atoms with E-state index < -0.39 is 0 Å². The minimum Gasteiger partial charge on any atom is -0.340 e. The van der Waals surface area contributed by atoms with Crippen molar-refractivity contribution in [3.8, 4) is 0 Å². The van der Waals surface area contributed by atoms with Crippen molar-refractivity contribution < 1.29 is 9.18 Å². The topological polar surface area (TPSA) is 23.6 Å². The van der Waals surface area contributed by atoms with E-state index in [0.717, 1.165) is 44.7 Å². The van der Waals surface area contributed by atoms with Crippen molar-refractivity contribution in [3.05, 3.63) is 71.5 Å². The number of carbonyl (C=O) groups excluding carboxylic acids is 1. The van der Waals surface area contributed by atoms with Gasteiger partial charge in [-0.1, -0.05) is 42.5 Å². The smallest absolute Gasteiger partial charge is 0.222 e. The monoisotopic (exact) mass is 340 g/mol. The van der Waals surface area contributed by atoms with Gasteiger partial charge in [-0.05, 0) is 36.1 Å². The van der Waals surface area contributed by atoms with Gasteiger partial charge in [-0.15, -0.1) is 0 Å². The second-order valence-electron chi connectivity index (χ2n) is 6.58. The zero-order chi connectivity index (χ0) is 17.5. The van der Waals surface area contributed by atoms with Crippen molar-refractivity contribution >= 4 is 5.91 Å². The molecule has 0 bridgehead atoms. The fraction of sp³-hybridized carbons (Fsp3) is 0.381. The molecule has 0 aliphatic carbocycles. The zero-order valence-electron chi connectivity index (χ0n) is 14.5. The third-order valence-electron chi connectivity index (χ3n) is 4.83. The third-order valence-corrected chi connectivity index (χ3v) is 4.83. The number of carbonyl (C=O) groups is 1. The summed E-state index contributed by atoms with van der Waals surface area (Å²) in [6, 6.07) is 16.9. The van der Waals surface area contributed by atoms with Crippen LogP contribution < -0.4 is 0 Å². The standard InChI is InChI=1S/C21H25FN2O/c22-20-9-6-19(7-10-20)8-11-21(25)24-16-14-23(15-17-24)13-12-18-4-2-1-3-5-18/h1-7,9-10H,8,11-17H2. The molecule has 1 fully saturated rings. The second-order valence-corrected chi connectivity index (χ2v) is 6.58. The predicted octanol–water partition coefficient (Wildman–Crippen LogP) is 3.15. The number of halogens is 1. The van der Waals surface area contributed by atoms with Crippen LogP contribution in [0.1, 0.15) is 17.5 Å². The summed E-state index contributed by atoms with van der Waals surface area (Å²) >= 11 is 0. The Kier molecular flexibility index (Phi) is 6.18. The fourth-order valence-corrected chi connectivity index (χ4v) is 3.21. The van der Waals surface area contributed by atoms with Crippen molar-refractivity contribution in [3.63, 3.8) is 0 Å². The number of hydrogen-bond donors (Lipinski definition) is 0. The van der Waals surface area contributed by atoms with Crippen molar-refractivity contribution in [1.82, 2.24) is 9.80 Å². The highest BCUT2D eigenvalue weighted by Crippen LogP contribution is 2.10. The van der Waals surface area contributed by atoms with Gasteiger partial charge in [0.1, 0.15) is 5.82 Å². The first-order valence-electron chi connectivity index (χ1n) is 8.99. The normalized spacial score (nSPS) is 15.3. The average molecular weight is 340 g/mol. The molecule has 1 aliphatic rings. The van der Waals surface area contributed by atoms with Crippen molar-refractivity contribution in [2.24, 2.45) is 0 Å². The first kappa shape index (κ1) is 17.6. The lowest BCUT2D eigenvalue weighted by molar-refractivity contribution is -0.132. The first-order valence-corrected chi connectivity index (χ1v) is 8.99. The van der Waals surface area contributed by atoms with E-state index >= 15 is 0 Å². The van der Waals surface area contributed by atoms with Gasteiger partial charge < -0.3 is 4.90 Å². The molecule has 0 spiro atoms. The Morgan fingerprint density at radius 3 is 2.16 bits per heavy atom. The molecule has 1 heterocycles. The summed E-state index contributed by atoms with van der Waals surface area (Å²) in [6.45, 7) is 4.53. The molecule has 0 unspecified atom stereocenters. The summed E-state index contributed by atoms with van der Waals surface area (Å²) in [4.78, 5) is 16.7. The Hall–Kier alpha value is -2.20. The van der Waals surface area contributed by atoms with Gasteiger partial charge >= 0.3 is 0 Å². The Morgan fingerprint density at radius 2 is 1.48 bits per heavy atom. The lowest BCUT2D eigenvalue weighted by Gasteiger charge is -2.34. The molecule has 3 rings (SSSR count). The van der Waals surface area contributed by atoms with Crippen molar-refractivity contribution in [2.45, 2.75) is 19.3 Å². The minimum atomic E-state index is -0.235. The SMILES string of the molecule is O=C(CCc1ccc(F)cc1)N1CCN(CCc2ccccc2)CC1. The van der Waals surface area contributed by atoms with Crippen LogP contribution in [0.5, 0.6) is 0 Å². The highest BCUT2D eigenvalue weighted by atomic mass is 19.1. The number of amides is 1. The van der Waals surface area contributed by atoms with Gasteiger partial charge in [-0.2, -0.15) is 0 Å². The van der Waals surface area contributed by atoms with Crippen molar-refractivity contribution in [2.75, 3.05) is 32.7 Å². The largest absolute Gasteiger partial charge is 0.340 e. The van der Waals surface area contributed by atoms with Crippen LogP contribution >= 0.6 is 0 Å². The maximum atomic E-state index is 12.9. The number of benzene rings is 2. The molecule has 0 aromatic heterocycles. The molecule has 0 atom stereocenters. The van der Waals surface area contributed by atoms with Gasteiger partial charge in [-0.25, -0.2) is 4.39 Å². The molecule has 0 saturated carbocycles. The van der Waals surface area contributed by atoms with E-state index in [9.17, 15) is 9.18 Å². The lowest BCUT2D eigenvalue weighted by atomic mass is 10.1. The molecule has 1 aliphatic heterocycles. The second kappa shape index (κ2) is 8.77. The number of aryl methyl sites for hydroxylation is 1. The van der Waals surface area contributed by atoms with Gasteiger partial charge in [0.05, 0.1) is 0 Å². The Morgan fingerprint density at radius 1 is 0.840 bits per heavy atom. The van der Waals surface area contributed by atoms with Gasteiger partial charge in [0.15, 0.2) is 0 Å².